The van der Waals surface area contributed by atoms with Crippen LogP contribution in [0.15, 0.2) is 152 Å². The van der Waals surface area contributed by atoms with Gasteiger partial charge in [-0.15, -0.1) is 0 Å². The van der Waals surface area contributed by atoms with Crippen LogP contribution in [0.5, 0.6) is 0 Å². The predicted octanol–water partition coefficient (Wildman–Crippen LogP) is 13.6. The molecule has 14 rings (SSSR count). The molecule has 0 atom stereocenters. The van der Waals surface area contributed by atoms with Crippen molar-refractivity contribution >= 4 is 147 Å². The summed E-state index contributed by atoms with van der Waals surface area (Å²) in [5.41, 5.74) is 4.42. The van der Waals surface area contributed by atoms with Gasteiger partial charge >= 0.3 is 28.5 Å². The van der Waals surface area contributed by atoms with Gasteiger partial charge in [0.25, 0.3) is 0 Å². The van der Waals surface area contributed by atoms with Gasteiger partial charge in [-0.25, -0.2) is 0 Å². The van der Waals surface area contributed by atoms with Crippen molar-refractivity contribution in [3.63, 3.8) is 0 Å². The number of benzene rings is 12. The highest BCUT2D eigenvalue weighted by molar-refractivity contribution is 6.67. The number of hydrogen-bond acceptors (Lipinski definition) is 8. The third-order valence-corrected chi connectivity index (χ3v) is 18.2. The Morgan fingerprint density at radius 2 is 0.613 bits per heavy atom. The molecule has 402 valence electrons. The van der Waals surface area contributed by atoms with Crippen LogP contribution in [0.2, 0.25) is 0 Å². The highest BCUT2D eigenvalue weighted by atomic mass is 16.7. The minimum Gasteiger partial charge on any atom is -0.410 e. The predicted molar refractivity (Wildman–Crippen MR) is 339 cm³/mol. The molecule has 12 aromatic rings. The van der Waals surface area contributed by atoms with E-state index in [0.717, 1.165) is 32.6 Å². The molecular formula is C68H70B4O8. The highest BCUT2D eigenvalue weighted by Gasteiger charge is 2.53. The first kappa shape index (κ1) is 54.3. The van der Waals surface area contributed by atoms with E-state index in [0.29, 0.717) is 0 Å². The van der Waals surface area contributed by atoms with Gasteiger partial charge in [0.15, 0.2) is 0 Å². The van der Waals surface area contributed by atoms with Gasteiger partial charge in [0.2, 0.25) is 0 Å². The first-order valence-corrected chi connectivity index (χ1v) is 28.0. The van der Waals surface area contributed by atoms with Gasteiger partial charge in [0.05, 0.1) is 22.4 Å². The van der Waals surface area contributed by atoms with Crippen LogP contribution < -0.4 is 21.9 Å². The Balaban J connectivity index is 0.000000120. The summed E-state index contributed by atoms with van der Waals surface area (Å²) in [5, 5.41) is 22.5. The zero-order valence-corrected chi connectivity index (χ0v) is 49.0. The van der Waals surface area contributed by atoms with Gasteiger partial charge in [-0.3, -0.25) is 0 Å². The molecule has 2 aliphatic rings. The van der Waals surface area contributed by atoms with Crippen molar-refractivity contribution in [1.29, 1.82) is 0 Å². The second-order valence-corrected chi connectivity index (χ2v) is 25.0. The van der Waals surface area contributed by atoms with Crippen molar-refractivity contribution in [2.24, 2.45) is 0 Å². The highest BCUT2D eigenvalue weighted by Crippen LogP contribution is 2.42. The Morgan fingerprint density at radius 1 is 0.338 bits per heavy atom. The lowest BCUT2D eigenvalue weighted by Crippen LogP contribution is -2.41. The molecule has 80 heavy (non-hydrogen) atoms. The van der Waals surface area contributed by atoms with E-state index in [-0.39, 0.29) is 42.1 Å². The maximum absolute atomic E-state index is 6.38. The van der Waals surface area contributed by atoms with Gasteiger partial charge < -0.3 is 37.2 Å². The van der Waals surface area contributed by atoms with Gasteiger partial charge in [-0.2, -0.15) is 0 Å². The quantitative estimate of drug-likeness (QED) is 0.110. The van der Waals surface area contributed by atoms with E-state index >= 15 is 0 Å². The van der Waals surface area contributed by atoms with E-state index < -0.39 is 14.2 Å². The number of hydrogen-bond donors (Lipinski definition) is 0. The first-order chi connectivity index (χ1) is 38.1. The summed E-state index contributed by atoms with van der Waals surface area (Å²) in [6.07, 6.45) is 0. The Morgan fingerprint density at radius 3 is 0.975 bits per heavy atom. The van der Waals surface area contributed by atoms with Crippen molar-refractivity contribution in [1.82, 2.24) is 0 Å². The standard InChI is InChI=1S/C26H29BO2.C22H21BO2.C20H20B2O4/c1-24(2,3)19-14-17-9-8-16-11-13-21(27-28-25(4,5)26(6,7)29-27)20-12-10-18(15-19)22(17)23(16)20;1-21(2)22(3,4)25-23(24-21)18-13-11-16-9-8-14-6-5-7-15-10-12-17(18)20(16)19(14)15;1-23-21(24-2)17-11-7-13-6-10-16-18(22(25-3)26-4)12-8-14-5-9-15(17)19(13)20(14)16/h8-15H,1-7H3;5-13H,1-4H3;5-12H,1-4H3. The van der Waals surface area contributed by atoms with E-state index in [1.54, 1.807) is 28.4 Å². The van der Waals surface area contributed by atoms with Crippen LogP contribution >= 0.6 is 0 Å². The summed E-state index contributed by atoms with van der Waals surface area (Å²) in [6.45, 7) is 23.7. The summed E-state index contributed by atoms with van der Waals surface area (Å²) in [5.74, 6) is 0. The fourth-order valence-corrected chi connectivity index (χ4v) is 12.3. The zero-order chi connectivity index (χ0) is 56.4. The zero-order valence-electron chi connectivity index (χ0n) is 49.0. The minimum atomic E-state index is -0.398. The van der Waals surface area contributed by atoms with Gasteiger partial charge in [0.1, 0.15) is 0 Å². The molecule has 2 aliphatic heterocycles. The molecular weight excluding hydrogens is 988 g/mol. The lowest BCUT2D eigenvalue weighted by Gasteiger charge is -2.32. The smallest absolute Gasteiger partial charge is 0.410 e. The minimum absolute atomic E-state index is 0.123. The lowest BCUT2D eigenvalue weighted by molar-refractivity contribution is 0.00578. The van der Waals surface area contributed by atoms with E-state index in [1.165, 1.54) is 91.7 Å². The molecule has 12 heteroatoms. The molecule has 8 nitrogen and oxygen atoms in total. The fraction of sp³-hybridized carbons (Fsp3) is 0.294. The Hall–Kier alpha value is -6.30. The molecule has 0 spiro atoms. The average Bonchev–Trinajstić information content (AvgIpc) is 3.97. The maximum Gasteiger partial charge on any atom is 0.495 e. The van der Waals surface area contributed by atoms with Crippen LogP contribution in [0.1, 0.15) is 81.7 Å². The van der Waals surface area contributed by atoms with Crippen molar-refractivity contribution in [3.05, 3.63) is 157 Å². The van der Waals surface area contributed by atoms with Gasteiger partial charge in [-0.1, -0.05) is 172 Å². The Kier molecular flexibility index (Phi) is 13.4. The molecule has 0 unspecified atom stereocenters. The van der Waals surface area contributed by atoms with Crippen molar-refractivity contribution in [2.45, 2.75) is 104 Å². The summed E-state index contributed by atoms with van der Waals surface area (Å²) < 4.78 is 47.4. The fourth-order valence-electron chi connectivity index (χ4n) is 12.3. The van der Waals surface area contributed by atoms with E-state index in [9.17, 15) is 0 Å². The Bertz CT molecular complexity index is 4140. The molecule has 0 bridgehead atoms. The third kappa shape index (κ3) is 8.81. The first-order valence-electron chi connectivity index (χ1n) is 28.0. The molecule has 0 aromatic heterocycles. The van der Waals surface area contributed by atoms with Crippen LogP contribution in [0, 0.1) is 0 Å². The second-order valence-electron chi connectivity index (χ2n) is 25.0. The van der Waals surface area contributed by atoms with Crippen molar-refractivity contribution < 1.29 is 37.2 Å². The van der Waals surface area contributed by atoms with E-state index in [2.05, 4.69) is 228 Å². The summed E-state index contributed by atoms with van der Waals surface area (Å²) >= 11 is 0. The summed E-state index contributed by atoms with van der Waals surface area (Å²) in [4.78, 5) is 0. The van der Waals surface area contributed by atoms with E-state index in [1.807, 2.05) is 0 Å². The van der Waals surface area contributed by atoms with Crippen molar-refractivity contribution in [3.8, 4) is 0 Å². The van der Waals surface area contributed by atoms with Crippen LogP contribution in [0.3, 0.4) is 0 Å². The summed E-state index contributed by atoms with van der Waals surface area (Å²) in [7, 11) is 5.15. The lowest BCUT2D eigenvalue weighted by atomic mass is 9.72. The van der Waals surface area contributed by atoms with Crippen LogP contribution in [-0.2, 0) is 42.6 Å². The third-order valence-electron chi connectivity index (χ3n) is 18.2. The molecule has 0 saturated carbocycles. The molecule has 0 amide bonds. The molecule has 0 N–H and O–H groups in total. The van der Waals surface area contributed by atoms with Gasteiger partial charge in [-0.05, 0) is 185 Å². The van der Waals surface area contributed by atoms with Gasteiger partial charge in [0, 0.05) is 28.4 Å². The molecule has 12 aromatic carbocycles. The van der Waals surface area contributed by atoms with E-state index in [4.69, 9.17) is 37.2 Å². The topological polar surface area (TPSA) is 73.8 Å². The van der Waals surface area contributed by atoms with Crippen LogP contribution in [-0.4, -0.2) is 79.3 Å². The average molecular weight is 1060 g/mol. The molecule has 0 aliphatic carbocycles. The van der Waals surface area contributed by atoms with Crippen molar-refractivity contribution in [2.75, 3.05) is 28.4 Å². The largest absolute Gasteiger partial charge is 0.495 e. The monoisotopic (exact) mass is 1060 g/mol. The molecule has 2 fully saturated rings. The summed E-state index contributed by atoms with van der Waals surface area (Å²) in [6, 6.07) is 54.7. The van der Waals surface area contributed by atoms with Crippen LogP contribution in [0.4, 0.5) is 0 Å². The normalized spacial score (nSPS) is 16.8. The maximum atomic E-state index is 6.38. The Labute approximate surface area is 471 Å². The van der Waals surface area contributed by atoms with Crippen LogP contribution in [0.25, 0.3) is 97.0 Å². The molecule has 0 radical (unpaired) electrons. The SMILES string of the molecule is CC(C)(C)c1cc2ccc3ccc(B4OC(C)(C)C(C)(C)O4)c4ccc(c1)c2c34.CC1(C)OB(c2ccc3ccc4cccc5ccc2c3c45)OC1(C)C.COB(OC)c1ccc2ccc3c(B(OC)OC)ccc4ccc1c2c43. The second kappa shape index (κ2) is 19.7. The molecule has 2 heterocycles. The molecule has 2 saturated heterocycles. The number of rotatable bonds is 8.